The van der Waals surface area contributed by atoms with Crippen molar-refractivity contribution in [2.45, 2.75) is 26.4 Å². The Kier molecular flexibility index (Phi) is 3.82. The minimum absolute atomic E-state index is 0.224. The molecule has 3 nitrogen and oxygen atoms in total. The number of fused-ring (bicyclic) bond motifs is 1. The summed E-state index contributed by atoms with van der Waals surface area (Å²) in [5.74, 6) is 0.278. The predicted octanol–water partition coefficient (Wildman–Crippen LogP) is 2.27. The van der Waals surface area contributed by atoms with Gasteiger partial charge < -0.3 is 15.4 Å². The molecule has 0 bridgehead atoms. The van der Waals surface area contributed by atoms with Gasteiger partial charge in [0.25, 0.3) is 0 Å². The number of aromatic nitrogens is 1. The molecule has 1 aromatic carbocycles. The summed E-state index contributed by atoms with van der Waals surface area (Å²) in [6, 6.07) is 8.61. The van der Waals surface area contributed by atoms with Crippen LogP contribution in [0.4, 0.5) is 0 Å². The Bertz CT molecular complexity index is 478. The summed E-state index contributed by atoms with van der Waals surface area (Å²) in [6.07, 6.45) is 2.05. The molecule has 3 heteroatoms. The number of para-hydroxylation sites is 1. The average Bonchev–Trinajstić information content (AvgIpc) is 2.78. The van der Waals surface area contributed by atoms with E-state index in [1.54, 1.807) is 0 Å². The average molecular weight is 232 g/mol. The maximum absolute atomic E-state index is 9.09. The highest BCUT2D eigenvalue weighted by atomic mass is 16.3. The fourth-order valence-electron chi connectivity index (χ4n) is 1.91. The molecule has 3 N–H and O–H groups in total. The van der Waals surface area contributed by atoms with Crippen molar-refractivity contribution in [1.29, 1.82) is 0 Å². The van der Waals surface area contributed by atoms with Gasteiger partial charge in [0, 0.05) is 36.3 Å². The Hall–Kier alpha value is -1.32. The van der Waals surface area contributed by atoms with Crippen LogP contribution < -0.4 is 5.32 Å². The van der Waals surface area contributed by atoms with Crippen LogP contribution in [0.15, 0.2) is 30.5 Å². The van der Waals surface area contributed by atoms with Crippen molar-refractivity contribution >= 4 is 10.9 Å². The molecule has 0 aliphatic carbocycles. The van der Waals surface area contributed by atoms with Crippen molar-refractivity contribution in [3.05, 3.63) is 36.0 Å². The summed E-state index contributed by atoms with van der Waals surface area (Å²) < 4.78 is 0. The lowest BCUT2D eigenvalue weighted by Crippen LogP contribution is -2.33. The van der Waals surface area contributed by atoms with Crippen molar-refractivity contribution in [2.75, 3.05) is 6.61 Å². The molecule has 2 aromatic rings. The van der Waals surface area contributed by atoms with Gasteiger partial charge in [0.15, 0.2) is 0 Å². The highest BCUT2D eigenvalue weighted by Crippen LogP contribution is 2.17. The van der Waals surface area contributed by atoms with E-state index in [-0.39, 0.29) is 12.5 Å². The van der Waals surface area contributed by atoms with Gasteiger partial charge >= 0.3 is 0 Å². The zero-order valence-electron chi connectivity index (χ0n) is 10.4. The van der Waals surface area contributed by atoms with E-state index in [1.165, 1.54) is 16.5 Å². The molecule has 1 heterocycles. The molecule has 0 spiro atoms. The van der Waals surface area contributed by atoms with E-state index < -0.39 is 0 Å². The molecule has 0 saturated carbocycles. The first-order chi connectivity index (χ1) is 8.22. The molecule has 0 aliphatic rings. The highest BCUT2D eigenvalue weighted by molar-refractivity contribution is 5.82. The molecular formula is C14H20N2O. The van der Waals surface area contributed by atoms with E-state index >= 15 is 0 Å². The van der Waals surface area contributed by atoms with Crippen LogP contribution in [0.25, 0.3) is 10.9 Å². The largest absolute Gasteiger partial charge is 0.396 e. The SMILES string of the molecule is CC(CO)C(C)NCc1c[nH]c2ccccc12. The number of benzene rings is 1. The standard InChI is InChI=1S/C14H20N2O/c1-10(9-17)11(2)15-7-12-8-16-14-6-4-3-5-13(12)14/h3-6,8,10-11,15-17H,7,9H2,1-2H3. The fourth-order valence-corrected chi connectivity index (χ4v) is 1.91. The second-order valence-corrected chi connectivity index (χ2v) is 4.69. The first-order valence-electron chi connectivity index (χ1n) is 6.11. The van der Waals surface area contributed by atoms with Crippen LogP contribution in [-0.4, -0.2) is 22.7 Å². The first-order valence-corrected chi connectivity index (χ1v) is 6.11. The first kappa shape index (κ1) is 12.1. The van der Waals surface area contributed by atoms with Crippen molar-refractivity contribution < 1.29 is 5.11 Å². The zero-order chi connectivity index (χ0) is 12.3. The van der Waals surface area contributed by atoms with Gasteiger partial charge in [0.1, 0.15) is 0 Å². The summed E-state index contributed by atoms with van der Waals surface area (Å²) in [5, 5.41) is 13.8. The van der Waals surface area contributed by atoms with Crippen LogP contribution in [0.1, 0.15) is 19.4 Å². The minimum atomic E-state index is 0.224. The molecule has 0 saturated heterocycles. The summed E-state index contributed by atoms with van der Waals surface area (Å²) in [6.45, 7) is 5.21. The fraction of sp³-hybridized carbons (Fsp3) is 0.429. The minimum Gasteiger partial charge on any atom is -0.396 e. The molecular weight excluding hydrogens is 212 g/mol. The van der Waals surface area contributed by atoms with E-state index in [1.807, 2.05) is 19.2 Å². The lowest BCUT2D eigenvalue weighted by atomic mass is 10.0. The molecule has 2 atom stereocenters. The Labute approximate surface area is 102 Å². The van der Waals surface area contributed by atoms with E-state index in [0.717, 1.165) is 6.54 Å². The summed E-state index contributed by atoms with van der Waals surface area (Å²) in [7, 11) is 0. The monoisotopic (exact) mass is 232 g/mol. The molecule has 0 aliphatic heterocycles. The van der Waals surface area contributed by atoms with Crippen molar-refractivity contribution in [1.82, 2.24) is 10.3 Å². The van der Waals surface area contributed by atoms with Gasteiger partial charge in [-0.3, -0.25) is 0 Å². The van der Waals surface area contributed by atoms with Gasteiger partial charge in [-0.05, 0) is 24.5 Å². The van der Waals surface area contributed by atoms with Crippen LogP contribution in [0, 0.1) is 5.92 Å². The van der Waals surface area contributed by atoms with Gasteiger partial charge in [-0.15, -0.1) is 0 Å². The molecule has 92 valence electrons. The number of nitrogens with one attached hydrogen (secondary N) is 2. The summed E-state index contributed by atoms with van der Waals surface area (Å²) >= 11 is 0. The number of hydrogen-bond donors (Lipinski definition) is 3. The molecule has 0 fully saturated rings. The third kappa shape index (κ3) is 2.68. The molecule has 2 unspecified atom stereocenters. The smallest absolute Gasteiger partial charge is 0.0471 e. The van der Waals surface area contributed by atoms with Crippen LogP contribution in [0.3, 0.4) is 0 Å². The van der Waals surface area contributed by atoms with E-state index in [9.17, 15) is 0 Å². The second-order valence-electron chi connectivity index (χ2n) is 4.69. The normalized spacial score (nSPS) is 15.0. The number of hydrogen-bond acceptors (Lipinski definition) is 2. The quantitative estimate of drug-likeness (QED) is 0.740. The van der Waals surface area contributed by atoms with Gasteiger partial charge in [-0.1, -0.05) is 25.1 Å². The van der Waals surface area contributed by atoms with E-state index in [4.69, 9.17) is 5.11 Å². The van der Waals surface area contributed by atoms with Crippen molar-refractivity contribution in [3.63, 3.8) is 0 Å². The summed E-state index contributed by atoms with van der Waals surface area (Å²) in [4.78, 5) is 3.27. The number of rotatable bonds is 5. The summed E-state index contributed by atoms with van der Waals surface area (Å²) in [5.41, 5.74) is 2.45. The van der Waals surface area contributed by atoms with Crippen molar-refractivity contribution in [3.8, 4) is 0 Å². The van der Waals surface area contributed by atoms with Gasteiger partial charge in [-0.2, -0.15) is 0 Å². The Balaban J connectivity index is 2.04. The molecule has 0 radical (unpaired) electrons. The van der Waals surface area contributed by atoms with E-state index in [2.05, 4.69) is 35.4 Å². The van der Waals surface area contributed by atoms with Gasteiger partial charge in [0.05, 0.1) is 0 Å². The lowest BCUT2D eigenvalue weighted by Gasteiger charge is -2.18. The molecule has 17 heavy (non-hydrogen) atoms. The number of aromatic amines is 1. The van der Waals surface area contributed by atoms with E-state index in [0.29, 0.717) is 6.04 Å². The highest BCUT2D eigenvalue weighted by Gasteiger charge is 2.11. The predicted molar refractivity (Wildman–Crippen MR) is 70.9 cm³/mol. The third-order valence-electron chi connectivity index (χ3n) is 3.43. The van der Waals surface area contributed by atoms with Gasteiger partial charge in [0.2, 0.25) is 0 Å². The Morgan fingerprint density at radius 1 is 1.29 bits per heavy atom. The molecule has 2 rings (SSSR count). The molecule has 0 amide bonds. The maximum Gasteiger partial charge on any atom is 0.0471 e. The number of H-pyrrole nitrogens is 1. The topological polar surface area (TPSA) is 48.0 Å². The van der Waals surface area contributed by atoms with Crippen LogP contribution in [-0.2, 0) is 6.54 Å². The third-order valence-corrected chi connectivity index (χ3v) is 3.43. The van der Waals surface area contributed by atoms with Crippen LogP contribution in [0.5, 0.6) is 0 Å². The van der Waals surface area contributed by atoms with Crippen molar-refractivity contribution in [2.24, 2.45) is 5.92 Å². The van der Waals surface area contributed by atoms with Gasteiger partial charge in [-0.25, -0.2) is 0 Å². The lowest BCUT2D eigenvalue weighted by molar-refractivity contribution is 0.207. The molecule has 1 aromatic heterocycles. The maximum atomic E-state index is 9.09. The zero-order valence-corrected chi connectivity index (χ0v) is 10.4. The van der Waals surface area contributed by atoms with Crippen LogP contribution in [0.2, 0.25) is 0 Å². The second kappa shape index (κ2) is 5.34. The Morgan fingerprint density at radius 3 is 2.82 bits per heavy atom. The number of aliphatic hydroxyl groups is 1. The Morgan fingerprint density at radius 2 is 2.06 bits per heavy atom. The number of aliphatic hydroxyl groups excluding tert-OH is 1. The van der Waals surface area contributed by atoms with Crippen LogP contribution >= 0.6 is 0 Å².